The Morgan fingerprint density at radius 1 is 0.958 bits per heavy atom. The summed E-state index contributed by atoms with van der Waals surface area (Å²) in [6.45, 7) is 0. The smallest absolute Gasteiger partial charge is 0.350 e. The quantitative estimate of drug-likeness (QED) is 0.877. The molecule has 0 aliphatic heterocycles. The summed E-state index contributed by atoms with van der Waals surface area (Å²) in [7, 11) is 4.20. The van der Waals surface area contributed by atoms with Crippen LogP contribution in [-0.2, 0) is 10.7 Å². The van der Waals surface area contributed by atoms with Crippen molar-refractivity contribution < 1.29 is 27.8 Å². The Bertz CT molecular complexity index is 695. The van der Waals surface area contributed by atoms with Crippen LogP contribution < -0.4 is 19.5 Å². The van der Waals surface area contributed by atoms with E-state index < -0.39 is 17.4 Å². The minimum absolute atomic E-state index is 0.102. The van der Waals surface area contributed by atoms with Crippen LogP contribution in [0.5, 0.6) is 17.2 Å². The number of rotatable bonds is 6. The fraction of sp³-hybridized carbons (Fsp3) is 0.235. The number of alkyl halides is 2. The number of halogens is 2. The molecule has 0 radical (unpaired) electrons. The van der Waals surface area contributed by atoms with Crippen molar-refractivity contribution in [1.82, 2.24) is 0 Å². The summed E-state index contributed by atoms with van der Waals surface area (Å²) in [5.74, 6) is -4.34. The molecule has 0 atom stereocenters. The zero-order chi connectivity index (χ0) is 17.7. The Morgan fingerprint density at radius 3 is 1.96 bits per heavy atom. The zero-order valence-electron chi connectivity index (χ0n) is 13.4. The maximum absolute atomic E-state index is 14.2. The molecular weight excluding hydrogens is 320 g/mol. The fourth-order valence-corrected chi connectivity index (χ4v) is 2.14. The first-order valence-corrected chi connectivity index (χ1v) is 6.98. The topological polar surface area (TPSA) is 56.8 Å². The van der Waals surface area contributed by atoms with E-state index in [0.717, 1.165) is 0 Å². The van der Waals surface area contributed by atoms with E-state index in [-0.39, 0.29) is 17.2 Å². The molecule has 7 heteroatoms. The van der Waals surface area contributed by atoms with Gasteiger partial charge in [0.2, 0.25) is 5.75 Å². The van der Waals surface area contributed by atoms with Crippen molar-refractivity contribution in [2.75, 3.05) is 26.6 Å². The Balaban J connectivity index is 2.32. The van der Waals surface area contributed by atoms with Crippen molar-refractivity contribution in [1.29, 1.82) is 0 Å². The first-order chi connectivity index (χ1) is 11.4. The molecule has 0 aliphatic carbocycles. The number of methoxy groups -OCH3 is 3. The van der Waals surface area contributed by atoms with Gasteiger partial charge < -0.3 is 19.5 Å². The summed E-state index contributed by atoms with van der Waals surface area (Å²) < 4.78 is 43.9. The van der Waals surface area contributed by atoms with Gasteiger partial charge in [-0.2, -0.15) is 8.78 Å². The summed E-state index contributed by atoms with van der Waals surface area (Å²) in [6, 6.07) is 9.60. The summed E-state index contributed by atoms with van der Waals surface area (Å²) in [4.78, 5) is 12.0. The number of carbonyl (C=O) groups is 1. The van der Waals surface area contributed by atoms with Crippen molar-refractivity contribution in [2.24, 2.45) is 0 Å². The van der Waals surface area contributed by atoms with Gasteiger partial charge in [-0.15, -0.1) is 0 Å². The molecule has 0 bridgehead atoms. The lowest BCUT2D eigenvalue weighted by Gasteiger charge is -2.18. The summed E-state index contributed by atoms with van der Waals surface area (Å²) in [5.41, 5.74) is -0.292. The summed E-state index contributed by atoms with van der Waals surface area (Å²) in [5, 5.41) is 2.18. The standard InChI is InChI=1S/C17H17F2NO4/c1-22-13-9-12(10-14(23-2)15(13)24-3)20-16(21)17(18,19)11-7-5-4-6-8-11/h4-10H,1-3H3,(H,20,21). The van der Waals surface area contributed by atoms with E-state index in [9.17, 15) is 13.6 Å². The van der Waals surface area contributed by atoms with Crippen LogP contribution in [0.2, 0.25) is 0 Å². The molecule has 0 saturated carbocycles. The largest absolute Gasteiger partial charge is 0.493 e. The minimum Gasteiger partial charge on any atom is -0.493 e. The number of ether oxygens (including phenoxy) is 3. The molecule has 0 unspecified atom stereocenters. The molecule has 2 rings (SSSR count). The van der Waals surface area contributed by atoms with Gasteiger partial charge in [-0.1, -0.05) is 30.3 Å². The Labute approximate surface area is 138 Å². The van der Waals surface area contributed by atoms with Crippen molar-refractivity contribution in [2.45, 2.75) is 5.92 Å². The molecule has 0 saturated heterocycles. The number of benzene rings is 2. The molecule has 128 valence electrons. The van der Waals surface area contributed by atoms with Gasteiger partial charge in [0, 0.05) is 23.4 Å². The van der Waals surface area contributed by atoms with Crippen molar-refractivity contribution in [3.8, 4) is 17.2 Å². The van der Waals surface area contributed by atoms with E-state index in [1.165, 1.54) is 57.7 Å². The van der Waals surface area contributed by atoms with Crippen LogP contribution in [0.4, 0.5) is 14.5 Å². The van der Waals surface area contributed by atoms with Crippen molar-refractivity contribution in [3.63, 3.8) is 0 Å². The number of amides is 1. The molecule has 0 aromatic heterocycles. The number of nitrogens with one attached hydrogen (secondary N) is 1. The number of carbonyl (C=O) groups excluding carboxylic acids is 1. The third-order valence-corrected chi connectivity index (χ3v) is 3.34. The average Bonchev–Trinajstić information content (AvgIpc) is 2.61. The molecule has 2 aromatic rings. The lowest BCUT2D eigenvalue weighted by molar-refractivity contribution is -0.140. The van der Waals surface area contributed by atoms with Gasteiger partial charge in [-0.3, -0.25) is 4.79 Å². The highest BCUT2D eigenvalue weighted by molar-refractivity contribution is 5.97. The number of hydrogen-bond acceptors (Lipinski definition) is 4. The van der Waals surface area contributed by atoms with Crippen LogP contribution >= 0.6 is 0 Å². The van der Waals surface area contributed by atoms with Crippen LogP contribution in [-0.4, -0.2) is 27.2 Å². The lowest BCUT2D eigenvalue weighted by atomic mass is 10.1. The highest BCUT2D eigenvalue weighted by Gasteiger charge is 2.40. The Kier molecular flexibility index (Phi) is 5.23. The minimum atomic E-state index is -3.68. The highest BCUT2D eigenvalue weighted by atomic mass is 19.3. The van der Waals surface area contributed by atoms with Gasteiger partial charge in [0.05, 0.1) is 21.3 Å². The third-order valence-electron chi connectivity index (χ3n) is 3.34. The van der Waals surface area contributed by atoms with Crippen LogP contribution in [0, 0.1) is 0 Å². The van der Waals surface area contributed by atoms with E-state index in [2.05, 4.69) is 5.32 Å². The normalized spacial score (nSPS) is 10.9. The van der Waals surface area contributed by atoms with Gasteiger partial charge >= 0.3 is 5.92 Å². The number of hydrogen-bond donors (Lipinski definition) is 1. The molecule has 0 aliphatic rings. The van der Waals surface area contributed by atoms with Gasteiger partial charge in [-0.25, -0.2) is 0 Å². The number of anilines is 1. The van der Waals surface area contributed by atoms with Gasteiger partial charge in [0.15, 0.2) is 11.5 Å². The van der Waals surface area contributed by atoms with Crippen molar-refractivity contribution >= 4 is 11.6 Å². The highest BCUT2D eigenvalue weighted by Crippen LogP contribution is 2.40. The molecular formula is C17H17F2NO4. The molecule has 1 amide bonds. The summed E-state index contributed by atoms with van der Waals surface area (Å²) >= 11 is 0. The zero-order valence-corrected chi connectivity index (χ0v) is 13.4. The van der Waals surface area contributed by atoms with Crippen LogP contribution in [0.15, 0.2) is 42.5 Å². The maximum Gasteiger partial charge on any atom is 0.350 e. The average molecular weight is 337 g/mol. The second-order valence-electron chi connectivity index (χ2n) is 4.81. The third kappa shape index (κ3) is 3.40. The predicted octanol–water partition coefficient (Wildman–Crippen LogP) is 3.44. The lowest BCUT2D eigenvalue weighted by Crippen LogP contribution is -2.32. The van der Waals surface area contributed by atoms with E-state index in [1.54, 1.807) is 6.07 Å². The van der Waals surface area contributed by atoms with Crippen LogP contribution in [0.25, 0.3) is 0 Å². The second-order valence-corrected chi connectivity index (χ2v) is 4.81. The predicted molar refractivity (Wildman–Crippen MR) is 85.1 cm³/mol. The van der Waals surface area contributed by atoms with Crippen molar-refractivity contribution in [3.05, 3.63) is 48.0 Å². The van der Waals surface area contributed by atoms with Crippen LogP contribution in [0.1, 0.15) is 5.56 Å². The first kappa shape index (κ1) is 17.5. The van der Waals surface area contributed by atoms with Gasteiger partial charge in [0.1, 0.15) is 0 Å². The summed E-state index contributed by atoms with van der Waals surface area (Å²) in [6.07, 6.45) is 0. The molecule has 0 fully saturated rings. The van der Waals surface area contributed by atoms with E-state index in [4.69, 9.17) is 14.2 Å². The van der Waals surface area contributed by atoms with Gasteiger partial charge in [-0.05, 0) is 0 Å². The fourth-order valence-electron chi connectivity index (χ4n) is 2.14. The first-order valence-electron chi connectivity index (χ1n) is 6.98. The monoisotopic (exact) mass is 337 g/mol. The molecule has 2 aromatic carbocycles. The Morgan fingerprint density at radius 2 is 1.50 bits per heavy atom. The SMILES string of the molecule is COc1cc(NC(=O)C(F)(F)c2ccccc2)cc(OC)c1OC. The Hall–Kier alpha value is -2.83. The van der Waals surface area contributed by atoms with Crippen LogP contribution in [0.3, 0.4) is 0 Å². The maximum atomic E-state index is 14.2. The molecule has 24 heavy (non-hydrogen) atoms. The molecule has 0 spiro atoms. The van der Waals surface area contributed by atoms with E-state index in [0.29, 0.717) is 5.75 Å². The van der Waals surface area contributed by atoms with Gasteiger partial charge in [0.25, 0.3) is 5.91 Å². The van der Waals surface area contributed by atoms with E-state index >= 15 is 0 Å². The molecule has 5 nitrogen and oxygen atoms in total. The molecule has 0 heterocycles. The van der Waals surface area contributed by atoms with E-state index in [1.807, 2.05) is 0 Å². The molecule has 1 N–H and O–H groups in total. The second kappa shape index (κ2) is 7.16.